The van der Waals surface area contributed by atoms with Crippen LogP contribution in [0.2, 0.25) is 4.34 Å². The summed E-state index contributed by atoms with van der Waals surface area (Å²) in [5.74, 6) is 0.861. The van der Waals surface area contributed by atoms with Gasteiger partial charge in [-0.1, -0.05) is 11.6 Å². The third-order valence-corrected chi connectivity index (χ3v) is 5.21. The second kappa shape index (κ2) is 5.30. The van der Waals surface area contributed by atoms with Crippen LogP contribution in [0.15, 0.2) is 12.1 Å². The van der Waals surface area contributed by atoms with Crippen molar-refractivity contribution in [1.82, 2.24) is 19.3 Å². The molecule has 3 heterocycles. The molecule has 0 spiro atoms. The van der Waals surface area contributed by atoms with Gasteiger partial charge < -0.3 is 4.57 Å². The first kappa shape index (κ1) is 14.9. The summed E-state index contributed by atoms with van der Waals surface area (Å²) in [6.07, 6.45) is 0. The van der Waals surface area contributed by atoms with Crippen LogP contribution in [0, 0.1) is 6.92 Å². The molecule has 0 bridgehead atoms. The Morgan fingerprint density at radius 3 is 2.57 bits per heavy atom. The number of fused-ring (bicyclic) bond motifs is 1. The van der Waals surface area contributed by atoms with E-state index in [4.69, 9.17) is 28.2 Å². The van der Waals surface area contributed by atoms with Gasteiger partial charge in [-0.25, -0.2) is 4.98 Å². The van der Waals surface area contributed by atoms with Gasteiger partial charge in [0.2, 0.25) is 0 Å². The van der Waals surface area contributed by atoms with E-state index in [0.717, 1.165) is 27.0 Å². The summed E-state index contributed by atoms with van der Waals surface area (Å²) in [5, 5.41) is 4.29. The van der Waals surface area contributed by atoms with E-state index in [-0.39, 0.29) is 11.4 Å². The maximum absolute atomic E-state index is 6.34. The molecule has 112 valence electrons. The van der Waals surface area contributed by atoms with Crippen molar-refractivity contribution in [1.29, 1.82) is 0 Å². The number of alkyl halides is 1. The Hall–Kier alpha value is -1.04. The molecule has 2 atom stereocenters. The number of imidazole rings is 1. The van der Waals surface area contributed by atoms with Crippen molar-refractivity contribution in [2.45, 2.75) is 32.2 Å². The van der Waals surface area contributed by atoms with Crippen molar-refractivity contribution in [3.63, 3.8) is 0 Å². The van der Waals surface area contributed by atoms with Gasteiger partial charge >= 0.3 is 0 Å². The van der Waals surface area contributed by atoms with E-state index in [9.17, 15) is 0 Å². The third kappa shape index (κ3) is 2.37. The van der Waals surface area contributed by atoms with Crippen LogP contribution < -0.4 is 0 Å². The molecule has 4 nitrogen and oxygen atoms in total. The van der Waals surface area contributed by atoms with Gasteiger partial charge in [-0.15, -0.1) is 22.9 Å². The van der Waals surface area contributed by atoms with E-state index in [2.05, 4.69) is 22.7 Å². The summed E-state index contributed by atoms with van der Waals surface area (Å²) in [5.41, 5.74) is 2.82. The van der Waals surface area contributed by atoms with E-state index in [0.29, 0.717) is 0 Å². The first-order chi connectivity index (χ1) is 9.90. The summed E-state index contributed by atoms with van der Waals surface area (Å²) in [6, 6.07) is 4.08. The number of aryl methyl sites for hydroxylation is 2. The van der Waals surface area contributed by atoms with Crippen molar-refractivity contribution in [2.24, 2.45) is 7.05 Å². The Morgan fingerprint density at radius 2 is 2.00 bits per heavy atom. The van der Waals surface area contributed by atoms with Gasteiger partial charge in [0.1, 0.15) is 11.3 Å². The highest BCUT2D eigenvalue weighted by molar-refractivity contribution is 7.16. The Kier molecular flexibility index (Phi) is 3.76. The summed E-state index contributed by atoms with van der Waals surface area (Å²) in [7, 11) is 1.93. The lowest BCUT2D eigenvalue weighted by Gasteiger charge is -2.17. The van der Waals surface area contributed by atoms with E-state index in [1.54, 1.807) is 11.3 Å². The maximum Gasteiger partial charge on any atom is 0.159 e. The number of halogens is 2. The Balaban J connectivity index is 2.26. The van der Waals surface area contributed by atoms with E-state index in [1.807, 2.05) is 31.6 Å². The van der Waals surface area contributed by atoms with Crippen LogP contribution in [0.1, 0.15) is 41.7 Å². The van der Waals surface area contributed by atoms with Crippen LogP contribution in [-0.4, -0.2) is 19.3 Å². The van der Waals surface area contributed by atoms with Gasteiger partial charge in [-0.3, -0.25) is 4.68 Å². The predicted molar refractivity (Wildman–Crippen MR) is 88.6 cm³/mol. The molecule has 0 saturated heterocycles. The minimum Gasteiger partial charge on any atom is -0.303 e. The Bertz CT molecular complexity index is 799. The highest BCUT2D eigenvalue weighted by atomic mass is 35.5. The largest absolute Gasteiger partial charge is 0.303 e. The zero-order valence-electron chi connectivity index (χ0n) is 12.3. The standard InChI is InChI=1S/C14H16Cl2N4S/c1-7(15)13-17-12-8(2)18-19(4)14(12)20(13)9(3)10-5-6-11(16)21-10/h5-7,9H,1-4H3. The van der Waals surface area contributed by atoms with Crippen molar-refractivity contribution in [3.8, 4) is 0 Å². The van der Waals surface area contributed by atoms with Crippen LogP contribution in [0.3, 0.4) is 0 Å². The van der Waals surface area contributed by atoms with Gasteiger partial charge in [0.05, 0.1) is 21.4 Å². The zero-order chi connectivity index (χ0) is 15.3. The van der Waals surface area contributed by atoms with Gasteiger partial charge in [0.15, 0.2) is 5.65 Å². The molecule has 0 aromatic carbocycles. The van der Waals surface area contributed by atoms with Crippen molar-refractivity contribution >= 4 is 45.7 Å². The fourth-order valence-corrected chi connectivity index (χ4v) is 3.91. The van der Waals surface area contributed by atoms with Crippen LogP contribution in [0.5, 0.6) is 0 Å². The average molecular weight is 343 g/mol. The molecule has 0 aliphatic carbocycles. The molecule has 7 heteroatoms. The molecule has 0 aliphatic heterocycles. The van der Waals surface area contributed by atoms with Crippen LogP contribution in [0.25, 0.3) is 11.2 Å². The molecule has 0 N–H and O–H groups in total. The number of thiophene rings is 1. The first-order valence-corrected chi connectivity index (χ1v) is 8.34. The van der Waals surface area contributed by atoms with Gasteiger partial charge in [-0.05, 0) is 32.9 Å². The first-order valence-electron chi connectivity index (χ1n) is 6.71. The Morgan fingerprint density at radius 1 is 1.29 bits per heavy atom. The van der Waals surface area contributed by atoms with Gasteiger partial charge in [-0.2, -0.15) is 5.10 Å². The molecule has 21 heavy (non-hydrogen) atoms. The minimum absolute atomic E-state index is 0.110. The SMILES string of the molecule is Cc1nn(C)c2c1nc(C(C)Cl)n2C(C)c1ccc(Cl)s1. The quantitative estimate of drug-likeness (QED) is 0.646. The highest BCUT2D eigenvalue weighted by Crippen LogP contribution is 2.35. The van der Waals surface area contributed by atoms with Crippen molar-refractivity contribution in [2.75, 3.05) is 0 Å². The molecule has 0 saturated carbocycles. The molecule has 0 radical (unpaired) electrons. The molecule has 3 aromatic rings. The Labute approximate surface area is 137 Å². The predicted octanol–water partition coefficient (Wildman–Crippen LogP) is 4.70. The zero-order valence-corrected chi connectivity index (χ0v) is 14.6. The van der Waals surface area contributed by atoms with Crippen molar-refractivity contribution < 1.29 is 0 Å². The lowest BCUT2D eigenvalue weighted by atomic mass is 10.2. The molecular weight excluding hydrogens is 327 g/mol. The number of hydrogen-bond acceptors (Lipinski definition) is 3. The molecule has 0 fully saturated rings. The lowest BCUT2D eigenvalue weighted by Crippen LogP contribution is -2.12. The molecule has 3 aromatic heterocycles. The lowest BCUT2D eigenvalue weighted by molar-refractivity contribution is 0.603. The highest BCUT2D eigenvalue weighted by Gasteiger charge is 2.24. The minimum atomic E-state index is -0.172. The third-order valence-electron chi connectivity index (χ3n) is 3.61. The number of aromatic nitrogens is 4. The normalized spacial score (nSPS) is 14.8. The molecule has 0 amide bonds. The summed E-state index contributed by atoms with van der Waals surface area (Å²) >= 11 is 14.0. The fourth-order valence-electron chi connectivity index (χ4n) is 2.66. The van der Waals surface area contributed by atoms with Crippen LogP contribution in [0.4, 0.5) is 0 Å². The topological polar surface area (TPSA) is 35.6 Å². The summed E-state index contributed by atoms with van der Waals surface area (Å²) in [6.45, 7) is 6.04. The summed E-state index contributed by atoms with van der Waals surface area (Å²) < 4.78 is 4.82. The smallest absolute Gasteiger partial charge is 0.159 e. The average Bonchev–Trinajstić information content (AvgIpc) is 3.06. The maximum atomic E-state index is 6.34. The fraction of sp³-hybridized carbons (Fsp3) is 0.429. The van der Waals surface area contributed by atoms with Crippen LogP contribution >= 0.6 is 34.5 Å². The number of nitrogens with zero attached hydrogens (tertiary/aromatic N) is 4. The van der Waals surface area contributed by atoms with E-state index < -0.39 is 0 Å². The van der Waals surface area contributed by atoms with Gasteiger partial charge in [0, 0.05) is 11.9 Å². The van der Waals surface area contributed by atoms with Crippen LogP contribution in [-0.2, 0) is 7.05 Å². The molecule has 2 unspecified atom stereocenters. The number of rotatable bonds is 3. The molecule has 3 rings (SSSR count). The number of hydrogen-bond donors (Lipinski definition) is 0. The van der Waals surface area contributed by atoms with E-state index >= 15 is 0 Å². The van der Waals surface area contributed by atoms with Gasteiger partial charge in [0.25, 0.3) is 0 Å². The molecular formula is C14H16Cl2N4S. The second-order valence-corrected chi connectivity index (χ2v) is 7.56. The van der Waals surface area contributed by atoms with E-state index in [1.165, 1.54) is 4.88 Å². The molecule has 0 aliphatic rings. The second-order valence-electron chi connectivity index (χ2n) is 5.16. The monoisotopic (exact) mass is 342 g/mol. The van der Waals surface area contributed by atoms with Crippen molar-refractivity contribution in [3.05, 3.63) is 32.9 Å². The summed E-state index contributed by atoms with van der Waals surface area (Å²) in [4.78, 5) is 5.88.